The molecule has 2 aromatic carbocycles. The van der Waals surface area contributed by atoms with Crippen molar-refractivity contribution in [3.63, 3.8) is 0 Å². The Kier molecular flexibility index (Phi) is 3.87. The lowest BCUT2D eigenvalue weighted by molar-refractivity contribution is -0.124. The number of para-hydroxylation sites is 1. The first kappa shape index (κ1) is 16.3. The van der Waals surface area contributed by atoms with E-state index in [1.807, 2.05) is 36.4 Å². The van der Waals surface area contributed by atoms with Gasteiger partial charge in [0.15, 0.2) is 0 Å². The number of nitrogens with one attached hydrogen (secondary N) is 2. The molecule has 1 amide bonds. The van der Waals surface area contributed by atoms with Gasteiger partial charge in [0.2, 0.25) is 5.91 Å². The fourth-order valence-corrected chi connectivity index (χ4v) is 4.68. The van der Waals surface area contributed by atoms with Crippen molar-refractivity contribution < 1.29 is 9.21 Å². The lowest BCUT2D eigenvalue weighted by Crippen LogP contribution is -2.50. The molecular weight excluding hydrogens is 338 g/mol. The van der Waals surface area contributed by atoms with E-state index in [1.165, 1.54) is 0 Å². The van der Waals surface area contributed by atoms with Crippen molar-refractivity contribution in [2.24, 2.45) is 5.92 Å². The van der Waals surface area contributed by atoms with Crippen LogP contribution < -0.4 is 10.6 Å². The predicted molar refractivity (Wildman–Crippen MR) is 103 cm³/mol. The highest BCUT2D eigenvalue weighted by molar-refractivity contribution is 6.05. The summed E-state index contributed by atoms with van der Waals surface area (Å²) < 4.78 is 5.86. The Hall–Kier alpha value is -2.84. The zero-order valence-corrected chi connectivity index (χ0v) is 14.9. The Balaban J connectivity index is 1.34. The first-order valence-corrected chi connectivity index (χ1v) is 9.57. The van der Waals surface area contributed by atoms with Crippen molar-refractivity contribution in [1.82, 2.24) is 10.6 Å². The van der Waals surface area contributed by atoms with Crippen LogP contribution in [0.3, 0.4) is 0 Å². The van der Waals surface area contributed by atoms with Crippen molar-refractivity contribution in [3.05, 3.63) is 48.0 Å². The number of piperidine rings is 1. The molecule has 2 aliphatic rings. The first-order valence-electron chi connectivity index (χ1n) is 9.57. The van der Waals surface area contributed by atoms with E-state index in [0.717, 1.165) is 46.8 Å². The fourth-order valence-electron chi connectivity index (χ4n) is 4.68. The molecule has 5 rings (SSSR count). The van der Waals surface area contributed by atoms with E-state index in [0.29, 0.717) is 18.4 Å². The van der Waals surface area contributed by atoms with Crippen LogP contribution in [-0.2, 0) is 11.2 Å². The van der Waals surface area contributed by atoms with Crippen LogP contribution in [-0.4, -0.2) is 24.0 Å². The molecule has 2 N–H and O–H groups in total. The minimum atomic E-state index is -0.533. The molecule has 1 saturated carbocycles. The summed E-state index contributed by atoms with van der Waals surface area (Å²) in [5.41, 5.74) is 2.71. The van der Waals surface area contributed by atoms with Gasteiger partial charge in [0, 0.05) is 23.2 Å². The van der Waals surface area contributed by atoms with Crippen LogP contribution in [0.15, 0.2) is 46.9 Å². The van der Waals surface area contributed by atoms with Crippen molar-refractivity contribution >= 4 is 27.8 Å². The molecule has 0 radical (unpaired) electrons. The number of benzene rings is 2. The third-order valence-electron chi connectivity index (χ3n) is 6.00. The van der Waals surface area contributed by atoms with Crippen molar-refractivity contribution in [3.8, 4) is 6.07 Å². The van der Waals surface area contributed by atoms with E-state index in [9.17, 15) is 10.1 Å². The van der Waals surface area contributed by atoms with Crippen molar-refractivity contribution in [2.45, 2.75) is 43.8 Å². The van der Waals surface area contributed by atoms with E-state index in [-0.39, 0.29) is 11.9 Å². The highest BCUT2D eigenvalue weighted by Crippen LogP contribution is 2.35. The second-order valence-corrected chi connectivity index (χ2v) is 7.74. The number of hydrogen-bond acceptors (Lipinski definition) is 4. The summed E-state index contributed by atoms with van der Waals surface area (Å²) in [7, 11) is 0. The van der Waals surface area contributed by atoms with Gasteiger partial charge in [-0.1, -0.05) is 24.3 Å². The van der Waals surface area contributed by atoms with Gasteiger partial charge in [0.1, 0.15) is 17.2 Å². The standard InChI is InChI=1S/C22H21N3O2/c23-12-16(25-22(26)21-14-6-7-15(11-14)24-21)9-13-5-8-20-18(10-13)17-3-1-2-4-19(17)27-20/h1-5,8,10,14-16,21,24H,6-7,9,11H2,(H,25,26). The monoisotopic (exact) mass is 359 g/mol. The SMILES string of the molecule is N#CC(Cc1ccc2oc3ccccc3c2c1)NC(=O)C1NC2CCC1C2. The van der Waals surface area contributed by atoms with Gasteiger partial charge in [0.25, 0.3) is 0 Å². The average Bonchev–Trinajstić information content (AvgIpc) is 3.41. The number of carbonyl (C=O) groups excluding carboxylic acids is 1. The molecule has 4 atom stereocenters. The molecule has 2 fully saturated rings. The summed E-state index contributed by atoms with van der Waals surface area (Å²) in [4.78, 5) is 12.6. The topological polar surface area (TPSA) is 78.1 Å². The largest absolute Gasteiger partial charge is 0.456 e. The lowest BCUT2D eigenvalue weighted by Gasteiger charge is -2.23. The molecular formula is C22H21N3O2. The van der Waals surface area contributed by atoms with Gasteiger partial charge in [0.05, 0.1) is 12.1 Å². The summed E-state index contributed by atoms with van der Waals surface area (Å²) in [6, 6.07) is 16.0. The van der Waals surface area contributed by atoms with E-state index >= 15 is 0 Å². The molecule has 27 heavy (non-hydrogen) atoms. The Labute approximate surface area is 157 Å². The molecule has 2 heterocycles. The van der Waals surface area contributed by atoms with E-state index in [2.05, 4.69) is 22.8 Å². The zero-order chi connectivity index (χ0) is 18.4. The third kappa shape index (κ3) is 2.87. The van der Waals surface area contributed by atoms with Gasteiger partial charge in [-0.05, 0) is 48.9 Å². The van der Waals surface area contributed by atoms with Gasteiger partial charge in [-0.2, -0.15) is 5.26 Å². The van der Waals surface area contributed by atoms with Crippen LogP contribution in [0.4, 0.5) is 0 Å². The highest BCUT2D eigenvalue weighted by Gasteiger charge is 2.43. The lowest BCUT2D eigenvalue weighted by atomic mass is 9.98. The number of furan rings is 1. The number of hydrogen-bond donors (Lipinski definition) is 2. The molecule has 3 aromatic rings. The van der Waals surface area contributed by atoms with Gasteiger partial charge >= 0.3 is 0 Å². The van der Waals surface area contributed by atoms with E-state index in [4.69, 9.17) is 4.42 Å². The summed E-state index contributed by atoms with van der Waals surface area (Å²) in [5, 5.41) is 18.0. The smallest absolute Gasteiger partial charge is 0.238 e. The summed E-state index contributed by atoms with van der Waals surface area (Å²) in [6.07, 6.45) is 3.84. The van der Waals surface area contributed by atoms with Gasteiger partial charge in [-0.25, -0.2) is 0 Å². The van der Waals surface area contributed by atoms with Crippen LogP contribution in [0, 0.1) is 17.2 Å². The summed E-state index contributed by atoms with van der Waals surface area (Å²) in [5.74, 6) is 0.381. The molecule has 1 saturated heterocycles. The van der Waals surface area contributed by atoms with Gasteiger partial charge in [-0.3, -0.25) is 4.79 Å². The normalized spacial score (nSPS) is 24.9. The highest BCUT2D eigenvalue weighted by atomic mass is 16.3. The maximum atomic E-state index is 12.6. The van der Waals surface area contributed by atoms with E-state index < -0.39 is 6.04 Å². The first-order chi connectivity index (χ1) is 13.2. The second kappa shape index (κ2) is 6.40. The molecule has 5 nitrogen and oxygen atoms in total. The van der Waals surface area contributed by atoms with Crippen LogP contribution >= 0.6 is 0 Å². The van der Waals surface area contributed by atoms with Gasteiger partial charge < -0.3 is 15.1 Å². The number of fused-ring (bicyclic) bond motifs is 5. The Bertz CT molecular complexity index is 1060. The van der Waals surface area contributed by atoms with Crippen LogP contribution in [0.25, 0.3) is 21.9 Å². The molecule has 1 aromatic heterocycles. The summed E-state index contributed by atoms with van der Waals surface area (Å²) >= 11 is 0. The minimum absolute atomic E-state index is 0.0383. The molecule has 0 spiro atoms. The number of nitriles is 1. The van der Waals surface area contributed by atoms with Crippen LogP contribution in [0.2, 0.25) is 0 Å². The van der Waals surface area contributed by atoms with Crippen molar-refractivity contribution in [1.29, 1.82) is 5.26 Å². The Morgan fingerprint density at radius 1 is 1.22 bits per heavy atom. The maximum Gasteiger partial charge on any atom is 0.238 e. The van der Waals surface area contributed by atoms with Crippen molar-refractivity contribution in [2.75, 3.05) is 0 Å². The number of amides is 1. The van der Waals surface area contributed by atoms with Crippen LogP contribution in [0.5, 0.6) is 0 Å². The minimum Gasteiger partial charge on any atom is -0.456 e. The Morgan fingerprint density at radius 3 is 2.85 bits per heavy atom. The number of rotatable bonds is 4. The third-order valence-corrected chi connectivity index (χ3v) is 6.00. The molecule has 1 aliphatic heterocycles. The maximum absolute atomic E-state index is 12.6. The molecule has 2 bridgehead atoms. The fraction of sp³-hybridized carbons (Fsp3) is 0.364. The van der Waals surface area contributed by atoms with Crippen LogP contribution in [0.1, 0.15) is 24.8 Å². The van der Waals surface area contributed by atoms with Gasteiger partial charge in [-0.15, -0.1) is 0 Å². The number of carbonyl (C=O) groups is 1. The quantitative estimate of drug-likeness (QED) is 0.749. The zero-order valence-electron chi connectivity index (χ0n) is 14.9. The molecule has 5 heteroatoms. The second-order valence-electron chi connectivity index (χ2n) is 7.74. The Morgan fingerprint density at radius 2 is 2.07 bits per heavy atom. The summed E-state index contributed by atoms with van der Waals surface area (Å²) in [6.45, 7) is 0. The molecule has 4 unspecified atom stereocenters. The average molecular weight is 359 g/mol. The number of nitrogens with zero attached hydrogens (tertiary/aromatic N) is 1. The molecule has 1 aliphatic carbocycles. The predicted octanol–water partition coefficient (Wildman–Crippen LogP) is 3.28. The van der Waals surface area contributed by atoms with E-state index in [1.54, 1.807) is 0 Å². The molecule has 136 valence electrons.